The molecule has 1 amide bonds. The monoisotopic (exact) mass is 383 g/mol. The number of aryl methyl sites for hydroxylation is 1. The molecule has 10 heteroatoms. The lowest BCUT2D eigenvalue weighted by Crippen LogP contribution is -2.22. The number of nitrogens with one attached hydrogen (secondary N) is 2. The summed E-state index contributed by atoms with van der Waals surface area (Å²) in [5, 5.41) is 9.84. The molecule has 2 rings (SSSR count). The van der Waals surface area contributed by atoms with Crippen molar-refractivity contribution < 1.29 is 13.2 Å². The maximum atomic E-state index is 12.5. The highest BCUT2D eigenvalue weighted by atomic mass is 32.2. The van der Waals surface area contributed by atoms with E-state index < -0.39 is 10.0 Å². The van der Waals surface area contributed by atoms with Crippen molar-refractivity contribution >= 4 is 43.8 Å². The van der Waals surface area contributed by atoms with Crippen LogP contribution in [0.3, 0.4) is 0 Å². The minimum Gasteiger partial charge on any atom is -0.372 e. The van der Waals surface area contributed by atoms with E-state index in [1.54, 1.807) is 6.07 Å². The van der Waals surface area contributed by atoms with E-state index in [1.807, 2.05) is 19.1 Å². The maximum absolute atomic E-state index is 12.5. The average molecular weight is 383 g/mol. The van der Waals surface area contributed by atoms with Gasteiger partial charge in [-0.15, -0.1) is 10.2 Å². The number of carbonyl (C=O) groups excluding carboxylic acids is 1. The molecule has 0 radical (unpaired) electrons. The highest BCUT2D eigenvalue weighted by Crippen LogP contribution is 2.26. The summed E-state index contributed by atoms with van der Waals surface area (Å²) in [6.07, 6.45) is 0. The Kier molecular flexibility index (Phi) is 5.96. The number of benzene rings is 1. The van der Waals surface area contributed by atoms with Crippen LogP contribution in [0.15, 0.2) is 22.5 Å². The van der Waals surface area contributed by atoms with E-state index in [0.29, 0.717) is 5.69 Å². The number of anilines is 3. The molecule has 0 saturated heterocycles. The van der Waals surface area contributed by atoms with Gasteiger partial charge in [-0.25, -0.2) is 0 Å². The lowest BCUT2D eigenvalue weighted by atomic mass is 10.1. The highest BCUT2D eigenvalue weighted by molar-refractivity contribution is 7.94. The van der Waals surface area contributed by atoms with Gasteiger partial charge in [-0.1, -0.05) is 11.3 Å². The standard InChI is InChI=1S/C15H21N5O3S2/c1-5-20(6-2)12-7-8-13(10(3)9-12)19-25(22,23)15-18-17-14(24-15)16-11(4)21/h7-9,19H,5-6H2,1-4H3,(H,16,17,21). The van der Waals surface area contributed by atoms with Gasteiger partial charge in [0.15, 0.2) is 0 Å². The lowest BCUT2D eigenvalue weighted by molar-refractivity contribution is -0.114. The van der Waals surface area contributed by atoms with Crippen molar-refractivity contribution in [2.75, 3.05) is 28.0 Å². The van der Waals surface area contributed by atoms with Gasteiger partial charge < -0.3 is 10.2 Å². The van der Waals surface area contributed by atoms with Crippen LogP contribution in [-0.4, -0.2) is 37.6 Å². The summed E-state index contributed by atoms with van der Waals surface area (Å²) in [7, 11) is -3.87. The summed E-state index contributed by atoms with van der Waals surface area (Å²) in [5.74, 6) is -0.337. The number of carbonyl (C=O) groups is 1. The third-order valence-corrected chi connectivity index (χ3v) is 6.07. The molecule has 0 saturated carbocycles. The molecular formula is C15H21N5O3S2. The fraction of sp³-hybridized carbons (Fsp3) is 0.400. The summed E-state index contributed by atoms with van der Waals surface area (Å²) in [5.41, 5.74) is 2.32. The smallest absolute Gasteiger partial charge is 0.291 e. The average Bonchev–Trinajstić information content (AvgIpc) is 2.99. The number of rotatable bonds is 7. The Morgan fingerprint density at radius 2 is 1.92 bits per heavy atom. The molecular weight excluding hydrogens is 362 g/mol. The van der Waals surface area contributed by atoms with E-state index in [0.717, 1.165) is 35.7 Å². The van der Waals surface area contributed by atoms with Gasteiger partial charge in [0.1, 0.15) is 0 Å². The molecule has 0 fully saturated rings. The van der Waals surface area contributed by atoms with E-state index in [1.165, 1.54) is 6.92 Å². The minimum atomic E-state index is -3.87. The molecule has 0 bridgehead atoms. The summed E-state index contributed by atoms with van der Waals surface area (Å²) in [6.45, 7) is 9.03. The SMILES string of the molecule is CCN(CC)c1ccc(NS(=O)(=O)c2nnc(NC(C)=O)s2)c(C)c1. The quantitative estimate of drug-likeness (QED) is 0.712. The summed E-state index contributed by atoms with van der Waals surface area (Å²) in [6, 6.07) is 5.55. The first-order valence-electron chi connectivity index (χ1n) is 7.76. The zero-order valence-corrected chi connectivity index (χ0v) is 16.2. The number of nitrogens with zero attached hydrogens (tertiary/aromatic N) is 3. The van der Waals surface area contributed by atoms with Crippen LogP contribution >= 0.6 is 11.3 Å². The van der Waals surface area contributed by atoms with Gasteiger partial charge in [0.25, 0.3) is 14.4 Å². The Morgan fingerprint density at radius 1 is 1.24 bits per heavy atom. The van der Waals surface area contributed by atoms with Crippen molar-refractivity contribution in [1.82, 2.24) is 10.2 Å². The molecule has 2 aromatic rings. The molecule has 1 heterocycles. The van der Waals surface area contributed by atoms with Crippen LogP contribution in [0.2, 0.25) is 0 Å². The van der Waals surface area contributed by atoms with Crippen LogP contribution < -0.4 is 14.9 Å². The summed E-state index contributed by atoms with van der Waals surface area (Å²) < 4.78 is 27.2. The van der Waals surface area contributed by atoms with Crippen molar-refractivity contribution in [3.8, 4) is 0 Å². The minimum absolute atomic E-state index is 0.140. The first-order valence-corrected chi connectivity index (χ1v) is 10.1. The zero-order valence-electron chi connectivity index (χ0n) is 14.5. The highest BCUT2D eigenvalue weighted by Gasteiger charge is 2.21. The van der Waals surface area contributed by atoms with Crippen molar-refractivity contribution in [3.63, 3.8) is 0 Å². The number of hydrogen-bond donors (Lipinski definition) is 2. The van der Waals surface area contributed by atoms with Crippen molar-refractivity contribution in [1.29, 1.82) is 0 Å². The van der Waals surface area contributed by atoms with Crippen LogP contribution in [0.4, 0.5) is 16.5 Å². The van der Waals surface area contributed by atoms with E-state index in [4.69, 9.17) is 0 Å². The van der Waals surface area contributed by atoms with E-state index in [9.17, 15) is 13.2 Å². The first kappa shape index (κ1) is 19.1. The third-order valence-electron chi connectivity index (χ3n) is 3.50. The Labute approximate surface area is 151 Å². The molecule has 0 aliphatic carbocycles. The second kappa shape index (κ2) is 7.79. The molecule has 1 aromatic heterocycles. The molecule has 0 spiro atoms. The van der Waals surface area contributed by atoms with Gasteiger partial charge >= 0.3 is 0 Å². The predicted molar refractivity (Wildman–Crippen MR) is 99.8 cm³/mol. The molecule has 0 aliphatic heterocycles. The first-order chi connectivity index (χ1) is 11.8. The molecule has 2 N–H and O–H groups in total. The second-order valence-corrected chi connectivity index (χ2v) is 8.16. The second-order valence-electron chi connectivity index (χ2n) is 5.33. The topological polar surface area (TPSA) is 104 Å². The fourth-order valence-corrected chi connectivity index (χ4v) is 4.33. The van der Waals surface area contributed by atoms with Crippen molar-refractivity contribution in [3.05, 3.63) is 23.8 Å². The predicted octanol–water partition coefficient (Wildman–Crippen LogP) is 2.45. The lowest BCUT2D eigenvalue weighted by Gasteiger charge is -2.22. The number of aromatic nitrogens is 2. The Bertz CT molecular complexity index is 860. The van der Waals surface area contributed by atoms with Gasteiger partial charge in [0, 0.05) is 25.7 Å². The maximum Gasteiger partial charge on any atom is 0.291 e. The molecule has 0 aliphatic rings. The van der Waals surface area contributed by atoms with Gasteiger partial charge in [-0.2, -0.15) is 8.42 Å². The van der Waals surface area contributed by atoms with Crippen LogP contribution in [0.25, 0.3) is 0 Å². The normalized spacial score (nSPS) is 11.2. The summed E-state index contributed by atoms with van der Waals surface area (Å²) >= 11 is 0.796. The van der Waals surface area contributed by atoms with Gasteiger partial charge in [-0.3, -0.25) is 9.52 Å². The molecule has 0 atom stereocenters. The third kappa shape index (κ3) is 4.67. The molecule has 25 heavy (non-hydrogen) atoms. The van der Waals surface area contributed by atoms with Crippen molar-refractivity contribution in [2.45, 2.75) is 32.0 Å². The van der Waals surface area contributed by atoms with Crippen LogP contribution in [0.1, 0.15) is 26.3 Å². The van der Waals surface area contributed by atoms with E-state index in [-0.39, 0.29) is 15.4 Å². The largest absolute Gasteiger partial charge is 0.372 e. The van der Waals surface area contributed by atoms with Crippen molar-refractivity contribution in [2.24, 2.45) is 0 Å². The molecule has 8 nitrogen and oxygen atoms in total. The van der Waals surface area contributed by atoms with Crippen LogP contribution in [0, 0.1) is 6.92 Å². The van der Waals surface area contributed by atoms with Gasteiger partial charge in [0.05, 0.1) is 5.69 Å². The number of hydrogen-bond acceptors (Lipinski definition) is 7. The van der Waals surface area contributed by atoms with Gasteiger partial charge in [-0.05, 0) is 44.5 Å². The van der Waals surface area contributed by atoms with Crippen LogP contribution in [0.5, 0.6) is 0 Å². The Morgan fingerprint density at radius 3 is 2.48 bits per heavy atom. The molecule has 1 aromatic carbocycles. The van der Waals surface area contributed by atoms with E-state index in [2.05, 4.69) is 39.0 Å². The summed E-state index contributed by atoms with van der Waals surface area (Å²) in [4.78, 5) is 13.2. The number of amides is 1. The molecule has 136 valence electrons. The Balaban J connectivity index is 2.23. The zero-order chi connectivity index (χ0) is 18.6. The number of sulfonamides is 1. The van der Waals surface area contributed by atoms with Crippen LogP contribution in [-0.2, 0) is 14.8 Å². The fourth-order valence-electron chi connectivity index (χ4n) is 2.26. The Hall–Kier alpha value is -2.20. The van der Waals surface area contributed by atoms with Gasteiger partial charge in [0.2, 0.25) is 11.0 Å². The molecule has 0 unspecified atom stereocenters. The van der Waals surface area contributed by atoms with E-state index >= 15 is 0 Å².